The fourth-order valence-corrected chi connectivity index (χ4v) is 2.20. The van der Waals surface area contributed by atoms with Crippen LogP contribution < -0.4 is 10.1 Å². The summed E-state index contributed by atoms with van der Waals surface area (Å²) in [6, 6.07) is 8.68. The third-order valence-electron chi connectivity index (χ3n) is 3.23. The van der Waals surface area contributed by atoms with Gasteiger partial charge in [0.2, 0.25) is 5.88 Å². The number of aryl methyl sites for hydroxylation is 1. The van der Waals surface area contributed by atoms with Crippen LogP contribution in [-0.2, 0) is 6.42 Å². The van der Waals surface area contributed by atoms with E-state index in [0.29, 0.717) is 5.88 Å². The van der Waals surface area contributed by atoms with Gasteiger partial charge in [0.15, 0.2) is 0 Å². The van der Waals surface area contributed by atoms with E-state index in [-0.39, 0.29) is 6.04 Å². The number of likely N-dealkylation sites (N-methyl/N-ethyl adjacent to an activating group) is 1. The number of hydrogen-bond donors (Lipinski definition) is 1. The van der Waals surface area contributed by atoms with Crippen LogP contribution in [0.1, 0.15) is 29.8 Å². The van der Waals surface area contributed by atoms with Crippen molar-refractivity contribution < 1.29 is 4.74 Å². The van der Waals surface area contributed by atoms with Gasteiger partial charge in [-0.05, 0) is 25.5 Å². The molecule has 1 aromatic heterocycles. The molecule has 2 rings (SSSR count). The van der Waals surface area contributed by atoms with Gasteiger partial charge in [0.1, 0.15) is 5.69 Å². The molecule has 0 bridgehead atoms. The van der Waals surface area contributed by atoms with Crippen LogP contribution in [0.5, 0.6) is 5.88 Å². The summed E-state index contributed by atoms with van der Waals surface area (Å²) in [5.74, 6) is 0.588. The van der Waals surface area contributed by atoms with Gasteiger partial charge in [-0.15, -0.1) is 0 Å². The zero-order chi connectivity index (χ0) is 14.4. The third kappa shape index (κ3) is 3.54. The fourth-order valence-electron chi connectivity index (χ4n) is 2.20. The molecule has 4 nitrogen and oxygen atoms in total. The van der Waals surface area contributed by atoms with E-state index in [4.69, 9.17) is 4.74 Å². The highest BCUT2D eigenvalue weighted by atomic mass is 16.5. The SMILES string of the molecule is CCNC(Cc1ccc(C)cc1)c1nccnc1OC. The molecule has 0 spiro atoms. The number of aromatic nitrogens is 2. The maximum atomic E-state index is 5.32. The van der Waals surface area contributed by atoms with Gasteiger partial charge < -0.3 is 10.1 Å². The van der Waals surface area contributed by atoms with E-state index in [9.17, 15) is 0 Å². The Morgan fingerprint density at radius 3 is 2.50 bits per heavy atom. The summed E-state index contributed by atoms with van der Waals surface area (Å²) in [5, 5.41) is 3.45. The Kier molecular flexibility index (Phi) is 5.07. The van der Waals surface area contributed by atoms with Crippen molar-refractivity contribution in [3.63, 3.8) is 0 Å². The van der Waals surface area contributed by atoms with Crippen LogP contribution in [-0.4, -0.2) is 23.6 Å². The van der Waals surface area contributed by atoms with E-state index < -0.39 is 0 Å². The summed E-state index contributed by atoms with van der Waals surface area (Å²) in [6.07, 6.45) is 4.22. The lowest BCUT2D eigenvalue weighted by molar-refractivity contribution is 0.377. The largest absolute Gasteiger partial charge is 0.480 e. The molecule has 4 heteroatoms. The first-order valence-corrected chi connectivity index (χ1v) is 6.88. The number of nitrogens with zero attached hydrogens (tertiary/aromatic N) is 2. The lowest BCUT2D eigenvalue weighted by Gasteiger charge is -2.19. The average molecular weight is 271 g/mol. The second kappa shape index (κ2) is 7.01. The van der Waals surface area contributed by atoms with Gasteiger partial charge in [-0.3, -0.25) is 4.98 Å². The van der Waals surface area contributed by atoms with Crippen molar-refractivity contribution in [1.82, 2.24) is 15.3 Å². The summed E-state index contributed by atoms with van der Waals surface area (Å²) < 4.78 is 5.32. The van der Waals surface area contributed by atoms with Crippen LogP contribution >= 0.6 is 0 Å². The second-order valence-electron chi connectivity index (χ2n) is 4.75. The number of benzene rings is 1. The molecule has 0 saturated heterocycles. The first-order chi connectivity index (χ1) is 9.74. The highest BCUT2D eigenvalue weighted by Gasteiger charge is 2.18. The van der Waals surface area contributed by atoms with Gasteiger partial charge in [-0.25, -0.2) is 4.98 Å². The Morgan fingerprint density at radius 1 is 1.15 bits per heavy atom. The second-order valence-corrected chi connectivity index (χ2v) is 4.75. The molecule has 0 amide bonds. The third-order valence-corrected chi connectivity index (χ3v) is 3.23. The molecule has 1 aromatic carbocycles. The van der Waals surface area contributed by atoms with Crippen molar-refractivity contribution in [1.29, 1.82) is 0 Å². The Balaban J connectivity index is 2.24. The van der Waals surface area contributed by atoms with Crippen LogP contribution in [0.2, 0.25) is 0 Å². The molecule has 0 aliphatic carbocycles. The summed E-state index contributed by atoms with van der Waals surface area (Å²) in [4.78, 5) is 8.66. The molecular formula is C16H21N3O. The first-order valence-electron chi connectivity index (χ1n) is 6.88. The van der Waals surface area contributed by atoms with Crippen molar-refractivity contribution >= 4 is 0 Å². The molecule has 20 heavy (non-hydrogen) atoms. The van der Waals surface area contributed by atoms with Crippen LogP contribution in [0.15, 0.2) is 36.7 Å². The Hall–Kier alpha value is -1.94. The van der Waals surface area contributed by atoms with Crippen LogP contribution in [0.3, 0.4) is 0 Å². The number of ether oxygens (including phenoxy) is 1. The number of nitrogens with one attached hydrogen (secondary N) is 1. The lowest BCUT2D eigenvalue weighted by Crippen LogP contribution is -2.24. The van der Waals surface area contributed by atoms with E-state index in [0.717, 1.165) is 18.7 Å². The van der Waals surface area contributed by atoms with Gasteiger partial charge in [0.25, 0.3) is 0 Å². The number of rotatable bonds is 6. The standard InChI is InChI=1S/C16H21N3O/c1-4-17-14(11-13-7-5-12(2)6-8-13)15-16(20-3)19-10-9-18-15/h5-10,14,17H,4,11H2,1-3H3. The average Bonchev–Trinajstić information content (AvgIpc) is 2.49. The molecule has 0 fully saturated rings. The van der Waals surface area contributed by atoms with E-state index in [1.807, 2.05) is 0 Å². The van der Waals surface area contributed by atoms with Crippen molar-refractivity contribution in [2.45, 2.75) is 26.3 Å². The highest BCUT2D eigenvalue weighted by molar-refractivity contribution is 5.27. The molecule has 0 saturated carbocycles. The quantitative estimate of drug-likeness (QED) is 0.877. The van der Waals surface area contributed by atoms with E-state index >= 15 is 0 Å². The highest BCUT2D eigenvalue weighted by Crippen LogP contribution is 2.23. The maximum absolute atomic E-state index is 5.32. The number of methoxy groups -OCH3 is 1. The molecule has 1 heterocycles. The molecule has 1 N–H and O–H groups in total. The molecule has 1 atom stereocenters. The minimum Gasteiger partial charge on any atom is -0.480 e. The minimum absolute atomic E-state index is 0.103. The van der Waals surface area contributed by atoms with Crippen LogP contribution in [0, 0.1) is 6.92 Å². The van der Waals surface area contributed by atoms with E-state index in [1.165, 1.54) is 11.1 Å². The number of hydrogen-bond acceptors (Lipinski definition) is 4. The van der Waals surface area contributed by atoms with Crippen molar-refractivity contribution in [2.24, 2.45) is 0 Å². The topological polar surface area (TPSA) is 47.0 Å². The van der Waals surface area contributed by atoms with Gasteiger partial charge in [0.05, 0.1) is 13.2 Å². The molecule has 106 valence electrons. The molecule has 0 aliphatic heterocycles. The van der Waals surface area contributed by atoms with Gasteiger partial charge in [-0.1, -0.05) is 36.8 Å². The van der Waals surface area contributed by atoms with Crippen LogP contribution in [0.25, 0.3) is 0 Å². The summed E-state index contributed by atoms with van der Waals surface area (Å²) in [5.41, 5.74) is 3.40. The maximum Gasteiger partial charge on any atom is 0.237 e. The van der Waals surface area contributed by atoms with Crippen molar-refractivity contribution in [2.75, 3.05) is 13.7 Å². The predicted octanol–water partition coefficient (Wildman–Crippen LogP) is 2.69. The molecule has 1 unspecified atom stereocenters. The monoisotopic (exact) mass is 271 g/mol. The van der Waals surface area contributed by atoms with Crippen molar-refractivity contribution in [3.05, 3.63) is 53.5 Å². The molecular weight excluding hydrogens is 250 g/mol. The molecule has 0 radical (unpaired) electrons. The van der Waals surface area contributed by atoms with Gasteiger partial charge in [0, 0.05) is 12.4 Å². The van der Waals surface area contributed by atoms with Gasteiger partial charge in [-0.2, -0.15) is 0 Å². The lowest BCUT2D eigenvalue weighted by atomic mass is 10.0. The smallest absolute Gasteiger partial charge is 0.237 e. The first kappa shape index (κ1) is 14.5. The zero-order valence-corrected chi connectivity index (χ0v) is 12.3. The van der Waals surface area contributed by atoms with Gasteiger partial charge >= 0.3 is 0 Å². The van der Waals surface area contributed by atoms with E-state index in [2.05, 4.69) is 53.4 Å². The predicted molar refractivity (Wildman–Crippen MR) is 79.9 cm³/mol. The summed E-state index contributed by atoms with van der Waals surface area (Å²) in [6.45, 7) is 5.05. The Bertz CT molecular complexity index is 540. The summed E-state index contributed by atoms with van der Waals surface area (Å²) in [7, 11) is 1.63. The Labute approximate surface area is 120 Å². The summed E-state index contributed by atoms with van der Waals surface area (Å²) >= 11 is 0. The molecule has 0 aliphatic rings. The van der Waals surface area contributed by atoms with E-state index in [1.54, 1.807) is 19.5 Å². The minimum atomic E-state index is 0.103. The zero-order valence-electron chi connectivity index (χ0n) is 12.3. The molecule has 2 aromatic rings. The Morgan fingerprint density at radius 2 is 1.85 bits per heavy atom. The normalized spacial score (nSPS) is 12.2. The van der Waals surface area contributed by atoms with Crippen LogP contribution in [0.4, 0.5) is 0 Å². The van der Waals surface area contributed by atoms with Crippen molar-refractivity contribution in [3.8, 4) is 5.88 Å². The fraction of sp³-hybridized carbons (Fsp3) is 0.375.